The van der Waals surface area contributed by atoms with E-state index >= 15 is 0 Å². The Morgan fingerprint density at radius 2 is 1.93 bits per heavy atom. The second-order valence-electron chi connectivity index (χ2n) is 6.86. The van der Waals surface area contributed by atoms with Gasteiger partial charge in [0.25, 0.3) is 5.91 Å². The third kappa shape index (κ3) is 5.89. The molecule has 7 heteroatoms. The maximum Gasteiger partial charge on any atom is 0.251 e. The SMILES string of the molecule is O=C(NCCCc1ccccc1)c1cccc(S(=O)(=O)NCC2CCCO2)c1. The summed E-state index contributed by atoms with van der Waals surface area (Å²) in [7, 11) is -3.67. The molecule has 1 heterocycles. The fourth-order valence-electron chi connectivity index (χ4n) is 3.14. The summed E-state index contributed by atoms with van der Waals surface area (Å²) in [4.78, 5) is 12.4. The van der Waals surface area contributed by atoms with Gasteiger partial charge in [0.2, 0.25) is 10.0 Å². The van der Waals surface area contributed by atoms with Crippen molar-refractivity contribution in [1.29, 1.82) is 0 Å². The van der Waals surface area contributed by atoms with E-state index in [0.717, 1.165) is 25.7 Å². The van der Waals surface area contributed by atoms with Gasteiger partial charge in [0.05, 0.1) is 11.0 Å². The van der Waals surface area contributed by atoms with Crippen molar-refractivity contribution < 1.29 is 17.9 Å². The summed E-state index contributed by atoms with van der Waals surface area (Å²) in [5.74, 6) is -0.274. The fourth-order valence-corrected chi connectivity index (χ4v) is 4.25. The lowest BCUT2D eigenvalue weighted by atomic mass is 10.1. The van der Waals surface area contributed by atoms with Gasteiger partial charge in [-0.3, -0.25) is 4.79 Å². The molecular formula is C21H26N2O4S. The van der Waals surface area contributed by atoms with Crippen LogP contribution in [-0.2, 0) is 21.2 Å². The minimum atomic E-state index is -3.67. The average molecular weight is 403 g/mol. The maximum absolute atomic E-state index is 12.5. The molecule has 150 valence electrons. The van der Waals surface area contributed by atoms with Crippen LogP contribution in [0.5, 0.6) is 0 Å². The van der Waals surface area contributed by atoms with Gasteiger partial charge < -0.3 is 10.1 Å². The zero-order chi connectivity index (χ0) is 19.8. The van der Waals surface area contributed by atoms with Crippen molar-refractivity contribution in [1.82, 2.24) is 10.0 Å². The summed E-state index contributed by atoms with van der Waals surface area (Å²) in [6.07, 6.45) is 3.42. The molecule has 1 aliphatic heterocycles. The summed E-state index contributed by atoms with van der Waals surface area (Å²) in [6, 6.07) is 16.2. The van der Waals surface area contributed by atoms with Gasteiger partial charge in [-0.25, -0.2) is 13.1 Å². The van der Waals surface area contributed by atoms with E-state index in [1.807, 2.05) is 18.2 Å². The Morgan fingerprint density at radius 1 is 1.11 bits per heavy atom. The molecule has 0 radical (unpaired) electrons. The fraction of sp³-hybridized carbons (Fsp3) is 0.381. The minimum Gasteiger partial charge on any atom is -0.377 e. The average Bonchev–Trinajstić information content (AvgIpc) is 3.24. The van der Waals surface area contributed by atoms with E-state index in [-0.39, 0.29) is 23.5 Å². The van der Waals surface area contributed by atoms with Crippen molar-refractivity contribution in [2.24, 2.45) is 0 Å². The Labute approximate surface area is 166 Å². The molecule has 2 N–H and O–H groups in total. The number of ether oxygens (including phenoxy) is 1. The third-order valence-electron chi connectivity index (χ3n) is 4.70. The monoisotopic (exact) mass is 402 g/mol. The predicted octanol–water partition coefficient (Wildman–Crippen LogP) is 2.51. The Kier molecular flexibility index (Phi) is 7.19. The van der Waals surface area contributed by atoms with Crippen molar-refractivity contribution in [3.63, 3.8) is 0 Å². The molecule has 2 aromatic carbocycles. The standard InChI is InChI=1S/C21H26N2O4S/c24-21(22-13-5-9-17-7-2-1-3-8-17)18-10-4-12-20(15-18)28(25,26)23-16-19-11-6-14-27-19/h1-4,7-8,10,12,15,19,23H,5-6,9,11,13-14,16H2,(H,22,24). The van der Waals surface area contributed by atoms with Gasteiger partial charge in [-0.15, -0.1) is 0 Å². The Hall–Kier alpha value is -2.22. The summed E-state index contributed by atoms with van der Waals surface area (Å²) in [6.45, 7) is 1.45. The molecule has 0 aromatic heterocycles. The molecule has 1 fully saturated rings. The highest BCUT2D eigenvalue weighted by atomic mass is 32.2. The predicted molar refractivity (Wildman–Crippen MR) is 108 cm³/mol. The van der Waals surface area contributed by atoms with Crippen molar-refractivity contribution in [2.75, 3.05) is 19.7 Å². The van der Waals surface area contributed by atoms with E-state index in [4.69, 9.17) is 4.74 Å². The molecule has 28 heavy (non-hydrogen) atoms. The molecule has 1 unspecified atom stereocenters. The summed E-state index contributed by atoms with van der Waals surface area (Å²) < 4.78 is 33.0. The molecule has 0 saturated carbocycles. The Morgan fingerprint density at radius 3 is 2.68 bits per heavy atom. The van der Waals surface area contributed by atoms with Crippen LogP contribution in [0.3, 0.4) is 0 Å². The van der Waals surface area contributed by atoms with Crippen LogP contribution < -0.4 is 10.0 Å². The van der Waals surface area contributed by atoms with Gasteiger partial charge in [0.15, 0.2) is 0 Å². The lowest BCUT2D eigenvalue weighted by Gasteiger charge is -2.12. The Balaban J connectivity index is 1.51. The van der Waals surface area contributed by atoms with Crippen molar-refractivity contribution in [2.45, 2.75) is 36.7 Å². The zero-order valence-corrected chi connectivity index (χ0v) is 16.6. The van der Waals surface area contributed by atoms with Crippen LogP contribution in [-0.4, -0.2) is 40.1 Å². The molecule has 1 aliphatic rings. The number of aryl methyl sites for hydroxylation is 1. The number of hydrogen-bond acceptors (Lipinski definition) is 4. The van der Waals surface area contributed by atoms with Gasteiger partial charge in [-0.2, -0.15) is 0 Å². The van der Waals surface area contributed by atoms with Gasteiger partial charge in [-0.05, 0) is 49.4 Å². The van der Waals surface area contributed by atoms with E-state index in [1.165, 1.54) is 17.7 Å². The number of amides is 1. The van der Waals surface area contributed by atoms with Crippen LogP contribution in [0.4, 0.5) is 0 Å². The number of sulfonamides is 1. The number of rotatable bonds is 9. The highest BCUT2D eigenvalue weighted by Crippen LogP contribution is 2.14. The molecule has 0 aliphatic carbocycles. The topological polar surface area (TPSA) is 84.5 Å². The number of carbonyl (C=O) groups excluding carboxylic acids is 1. The highest BCUT2D eigenvalue weighted by Gasteiger charge is 2.21. The smallest absolute Gasteiger partial charge is 0.251 e. The molecular weight excluding hydrogens is 376 g/mol. The first kappa shape index (κ1) is 20.5. The van der Waals surface area contributed by atoms with Crippen LogP contribution in [0.25, 0.3) is 0 Å². The first-order valence-corrected chi connectivity index (χ1v) is 11.1. The van der Waals surface area contributed by atoms with E-state index < -0.39 is 10.0 Å². The molecule has 1 atom stereocenters. The van der Waals surface area contributed by atoms with Crippen LogP contribution in [0.2, 0.25) is 0 Å². The van der Waals surface area contributed by atoms with Crippen LogP contribution in [0.1, 0.15) is 35.2 Å². The van der Waals surface area contributed by atoms with Gasteiger partial charge >= 0.3 is 0 Å². The minimum absolute atomic E-state index is 0.0779. The highest BCUT2D eigenvalue weighted by molar-refractivity contribution is 7.89. The number of carbonyl (C=O) groups is 1. The number of nitrogens with one attached hydrogen (secondary N) is 2. The van der Waals surface area contributed by atoms with E-state index in [0.29, 0.717) is 18.7 Å². The largest absolute Gasteiger partial charge is 0.377 e. The van der Waals surface area contributed by atoms with E-state index in [1.54, 1.807) is 12.1 Å². The van der Waals surface area contributed by atoms with Crippen LogP contribution in [0.15, 0.2) is 59.5 Å². The molecule has 1 amide bonds. The third-order valence-corrected chi connectivity index (χ3v) is 6.12. The second-order valence-corrected chi connectivity index (χ2v) is 8.63. The first-order valence-electron chi connectivity index (χ1n) is 9.58. The van der Waals surface area contributed by atoms with Crippen molar-refractivity contribution in [3.8, 4) is 0 Å². The van der Waals surface area contributed by atoms with E-state index in [9.17, 15) is 13.2 Å². The molecule has 0 bridgehead atoms. The lowest BCUT2D eigenvalue weighted by Crippen LogP contribution is -2.32. The van der Waals surface area contributed by atoms with Crippen molar-refractivity contribution >= 4 is 15.9 Å². The van der Waals surface area contributed by atoms with Crippen molar-refractivity contribution in [3.05, 3.63) is 65.7 Å². The first-order chi connectivity index (χ1) is 13.5. The van der Waals surface area contributed by atoms with Crippen LogP contribution >= 0.6 is 0 Å². The molecule has 3 rings (SSSR count). The lowest BCUT2D eigenvalue weighted by molar-refractivity contribution is 0.0953. The van der Waals surface area contributed by atoms with Gasteiger partial charge in [0, 0.05) is 25.3 Å². The molecule has 0 spiro atoms. The number of hydrogen-bond donors (Lipinski definition) is 2. The summed E-state index contributed by atoms with van der Waals surface area (Å²) in [5.41, 5.74) is 1.56. The quantitative estimate of drug-likeness (QED) is 0.631. The molecule has 6 nitrogen and oxygen atoms in total. The Bertz CT molecular complexity index is 878. The van der Waals surface area contributed by atoms with Crippen LogP contribution in [0, 0.1) is 0 Å². The zero-order valence-electron chi connectivity index (χ0n) is 15.8. The molecule has 2 aromatic rings. The maximum atomic E-state index is 12.5. The summed E-state index contributed by atoms with van der Waals surface area (Å²) in [5, 5.41) is 2.85. The second kappa shape index (κ2) is 9.82. The molecule has 1 saturated heterocycles. The van der Waals surface area contributed by atoms with E-state index in [2.05, 4.69) is 22.2 Å². The number of benzene rings is 2. The summed E-state index contributed by atoms with van der Waals surface area (Å²) >= 11 is 0. The van der Waals surface area contributed by atoms with Gasteiger partial charge in [-0.1, -0.05) is 36.4 Å². The van der Waals surface area contributed by atoms with Gasteiger partial charge in [0.1, 0.15) is 0 Å². The normalized spacial score (nSPS) is 16.8.